The van der Waals surface area contributed by atoms with E-state index in [9.17, 15) is 9.59 Å². The maximum Gasteiger partial charge on any atom is 0.339 e. The van der Waals surface area contributed by atoms with Gasteiger partial charge in [-0.05, 0) is 25.3 Å². The number of amides is 1. The van der Waals surface area contributed by atoms with Crippen LogP contribution in [0.4, 0.5) is 4.79 Å². The number of rotatable bonds is 4. The van der Waals surface area contributed by atoms with Gasteiger partial charge in [-0.25, -0.2) is 4.79 Å². The number of nitrogens with two attached hydrogens (primary N) is 1. The molecule has 0 radical (unpaired) electrons. The summed E-state index contributed by atoms with van der Waals surface area (Å²) < 4.78 is 1.15. The fourth-order valence-corrected chi connectivity index (χ4v) is 1.71. The Morgan fingerprint density at radius 3 is 2.56 bits per heavy atom. The zero-order valence-corrected chi connectivity index (χ0v) is 9.36. The summed E-state index contributed by atoms with van der Waals surface area (Å²) in [5.74, 6) is -0.867. The quantitative estimate of drug-likeness (QED) is 0.787. The Bertz CT molecular complexity index is 423. The number of aromatic nitrogens is 2. The number of aliphatic carboxylic acids is 1. The first-order chi connectivity index (χ1) is 7.47. The third-order valence-electron chi connectivity index (χ3n) is 2.42. The summed E-state index contributed by atoms with van der Waals surface area (Å²) in [6.07, 6.45) is 0.995. The van der Waals surface area contributed by atoms with Crippen LogP contribution >= 0.6 is 0 Å². The van der Waals surface area contributed by atoms with Gasteiger partial charge in [0.2, 0.25) is 0 Å². The van der Waals surface area contributed by atoms with Crippen molar-refractivity contribution in [3.8, 4) is 0 Å². The van der Waals surface area contributed by atoms with E-state index in [0.717, 1.165) is 10.2 Å². The first kappa shape index (κ1) is 12.2. The molecule has 0 aliphatic carbocycles. The lowest BCUT2D eigenvalue weighted by Crippen LogP contribution is -2.23. The van der Waals surface area contributed by atoms with Gasteiger partial charge in [0.15, 0.2) is 0 Å². The molecule has 0 saturated heterocycles. The third kappa shape index (κ3) is 2.39. The molecule has 1 aromatic heterocycles. The number of primary amides is 1. The molecule has 1 amide bonds. The van der Waals surface area contributed by atoms with E-state index in [0.29, 0.717) is 24.2 Å². The minimum absolute atomic E-state index is 0.0261. The third-order valence-corrected chi connectivity index (χ3v) is 2.42. The number of carbonyl (C=O) groups is 2. The Morgan fingerprint density at radius 2 is 2.12 bits per heavy atom. The van der Waals surface area contributed by atoms with Crippen molar-refractivity contribution in [1.29, 1.82) is 0 Å². The topological polar surface area (TPSA) is 98.2 Å². The van der Waals surface area contributed by atoms with E-state index in [2.05, 4.69) is 5.10 Å². The molecule has 3 N–H and O–H groups in total. The Labute approximate surface area is 93.1 Å². The highest BCUT2D eigenvalue weighted by Gasteiger charge is 2.16. The molecule has 0 aliphatic heterocycles. The van der Waals surface area contributed by atoms with Crippen molar-refractivity contribution in [2.45, 2.75) is 33.1 Å². The highest BCUT2D eigenvalue weighted by atomic mass is 16.4. The van der Waals surface area contributed by atoms with Crippen LogP contribution in [0, 0.1) is 6.92 Å². The molecule has 1 rings (SSSR count). The molecule has 6 heteroatoms. The molecule has 0 saturated carbocycles. The summed E-state index contributed by atoms with van der Waals surface area (Å²) in [5.41, 5.74) is 7.35. The van der Waals surface area contributed by atoms with E-state index < -0.39 is 12.0 Å². The average Bonchev–Trinajstić information content (AvgIpc) is 2.51. The largest absolute Gasteiger partial charge is 0.481 e. The summed E-state index contributed by atoms with van der Waals surface area (Å²) in [6.45, 7) is 3.62. The SMILES string of the molecule is CCc1c(CCC(=O)O)c(C)nn1C(N)=O. The summed E-state index contributed by atoms with van der Waals surface area (Å²) >= 11 is 0. The predicted octanol–water partition coefficient (Wildman–Crippen LogP) is 0.698. The molecular weight excluding hydrogens is 210 g/mol. The standard InChI is InChI=1S/C10H15N3O3/c1-3-8-7(4-5-9(14)15)6(2)12-13(8)10(11)16/h3-5H2,1-2H3,(H2,11,16)(H,14,15). The molecule has 0 fully saturated rings. The monoisotopic (exact) mass is 225 g/mol. The molecule has 1 aromatic rings. The Morgan fingerprint density at radius 1 is 1.50 bits per heavy atom. The number of hydrogen-bond donors (Lipinski definition) is 2. The zero-order chi connectivity index (χ0) is 12.3. The Balaban J connectivity index is 3.07. The van der Waals surface area contributed by atoms with Crippen LogP contribution in [-0.4, -0.2) is 26.9 Å². The van der Waals surface area contributed by atoms with E-state index in [1.807, 2.05) is 6.92 Å². The van der Waals surface area contributed by atoms with Crippen LogP contribution < -0.4 is 5.73 Å². The fraction of sp³-hybridized carbons (Fsp3) is 0.500. The number of hydrogen-bond acceptors (Lipinski definition) is 3. The first-order valence-electron chi connectivity index (χ1n) is 5.06. The Hall–Kier alpha value is -1.85. The van der Waals surface area contributed by atoms with E-state index in [1.54, 1.807) is 6.92 Å². The minimum Gasteiger partial charge on any atom is -0.481 e. The van der Waals surface area contributed by atoms with Crippen molar-refractivity contribution in [3.05, 3.63) is 17.0 Å². The van der Waals surface area contributed by atoms with E-state index >= 15 is 0 Å². The molecule has 6 nitrogen and oxygen atoms in total. The van der Waals surface area contributed by atoms with Gasteiger partial charge in [-0.1, -0.05) is 6.92 Å². The van der Waals surface area contributed by atoms with Gasteiger partial charge >= 0.3 is 12.0 Å². The van der Waals surface area contributed by atoms with E-state index in [4.69, 9.17) is 10.8 Å². The van der Waals surface area contributed by atoms with Gasteiger partial charge < -0.3 is 10.8 Å². The second-order valence-corrected chi connectivity index (χ2v) is 3.51. The summed E-state index contributed by atoms with van der Waals surface area (Å²) in [7, 11) is 0. The molecule has 0 atom stereocenters. The molecule has 16 heavy (non-hydrogen) atoms. The van der Waals surface area contributed by atoms with Crippen LogP contribution in [0.1, 0.15) is 30.3 Å². The van der Waals surface area contributed by atoms with Crippen molar-refractivity contribution in [1.82, 2.24) is 9.78 Å². The summed E-state index contributed by atoms with van der Waals surface area (Å²) in [4.78, 5) is 21.6. The van der Waals surface area contributed by atoms with Gasteiger partial charge in [-0.2, -0.15) is 9.78 Å². The van der Waals surface area contributed by atoms with Crippen LogP contribution in [0.3, 0.4) is 0 Å². The normalized spacial score (nSPS) is 10.4. The van der Waals surface area contributed by atoms with Crippen LogP contribution in [0.5, 0.6) is 0 Å². The molecular formula is C10H15N3O3. The fourth-order valence-electron chi connectivity index (χ4n) is 1.71. The van der Waals surface area contributed by atoms with Crippen molar-refractivity contribution >= 4 is 12.0 Å². The molecule has 1 heterocycles. The van der Waals surface area contributed by atoms with Gasteiger partial charge in [0.1, 0.15) is 0 Å². The van der Waals surface area contributed by atoms with Crippen molar-refractivity contribution in [2.75, 3.05) is 0 Å². The van der Waals surface area contributed by atoms with E-state index in [1.165, 1.54) is 0 Å². The summed E-state index contributed by atoms with van der Waals surface area (Å²) in [5, 5.41) is 12.6. The minimum atomic E-state index is -0.867. The highest BCUT2D eigenvalue weighted by molar-refractivity contribution is 5.75. The number of aryl methyl sites for hydroxylation is 1. The van der Waals surface area contributed by atoms with E-state index in [-0.39, 0.29) is 6.42 Å². The smallest absolute Gasteiger partial charge is 0.339 e. The predicted molar refractivity (Wildman–Crippen MR) is 57.3 cm³/mol. The van der Waals surface area contributed by atoms with Crippen LogP contribution in [0.25, 0.3) is 0 Å². The van der Waals surface area contributed by atoms with Crippen molar-refractivity contribution in [3.63, 3.8) is 0 Å². The molecule has 0 aliphatic rings. The van der Waals surface area contributed by atoms with Gasteiger partial charge in [0.05, 0.1) is 11.4 Å². The van der Waals surface area contributed by atoms with Gasteiger partial charge in [0, 0.05) is 6.42 Å². The lowest BCUT2D eigenvalue weighted by molar-refractivity contribution is -0.136. The second kappa shape index (κ2) is 4.78. The number of carboxylic acids is 1. The molecule has 0 aromatic carbocycles. The van der Waals surface area contributed by atoms with Crippen molar-refractivity contribution < 1.29 is 14.7 Å². The number of carboxylic acid groups (broad SMARTS) is 1. The van der Waals surface area contributed by atoms with Crippen LogP contribution in [0.2, 0.25) is 0 Å². The lowest BCUT2D eigenvalue weighted by atomic mass is 10.1. The number of carbonyl (C=O) groups excluding carboxylic acids is 1. The maximum absolute atomic E-state index is 11.1. The average molecular weight is 225 g/mol. The van der Waals surface area contributed by atoms with Gasteiger partial charge in [-0.15, -0.1) is 0 Å². The molecule has 0 unspecified atom stereocenters. The molecule has 0 bridgehead atoms. The molecule has 88 valence electrons. The highest BCUT2D eigenvalue weighted by Crippen LogP contribution is 2.16. The molecule has 0 spiro atoms. The van der Waals surface area contributed by atoms with Crippen LogP contribution in [-0.2, 0) is 17.6 Å². The summed E-state index contributed by atoms with van der Waals surface area (Å²) in [6, 6.07) is -0.637. The number of nitrogens with zero attached hydrogens (tertiary/aromatic N) is 2. The maximum atomic E-state index is 11.1. The second-order valence-electron chi connectivity index (χ2n) is 3.51. The zero-order valence-electron chi connectivity index (χ0n) is 9.36. The van der Waals surface area contributed by atoms with Crippen LogP contribution in [0.15, 0.2) is 0 Å². The first-order valence-corrected chi connectivity index (χ1v) is 5.06. The van der Waals surface area contributed by atoms with Gasteiger partial charge in [0.25, 0.3) is 0 Å². The van der Waals surface area contributed by atoms with Gasteiger partial charge in [-0.3, -0.25) is 4.79 Å². The lowest BCUT2D eigenvalue weighted by Gasteiger charge is -2.03. The Kier molecular flexibility index (Phi) is 3.65. The van der Waals surface area contributed by atoms with Crippen molar-refractivity contribution in [2.24, 2.45) is 5.73 Å².